The van der Waals surface area contributed by atoms with Gasteiger partial charge in [0.25, 0.3) is 0 Å². The maximum Gasteiger partial charge on any atom is 0.227 e. The fourth-order valence-corrected chi connectivity index (χ4v) is 2.02. The van der Waals surface area contributed by atoms with Gasteiger partial charge in [0.05, 0.1) is 26.0 Å². The van der Waals surface area contributed by atoms with Crippen LogP contribution in [0.4, 0.5) is 11.6 Å². The normalized spacial score (nSPS) is 13.9. The van der Waals surface area contributed by atoms with Crippen molar-refractivity contribution in [2.24, 2.45) is 0 Å². The molecule has 2 aromatic rings. The first-order valence-electron chi connectivity index (χ1n) is 6.36. The lowest BCUT2D eigenvalue weighted by atomic mass is 10.1. The van der Waals surface area contributed by atoms with Crippen LogP contribution < -0.4 is 10.1 Å². The van der Waals surface area contributed by atoms with Crippen molar-refractivity contribution in [1.82, 2.24) is 9.97 Å². The maximum absolute atomic E-state index is 5.29. The van der Waals surface area contributed by atoms with E-state index in [2.05, 4.69) is 15.3 Å². The third-order valence-corrected chi connectivity index (χ3v) is 3.08. The van der Waals surface area contributed by atoms with Crippen molar-refractivity contribution in [1.29, 1.82) is 0 Å². The van der Waals surface area contributed by atoms with Gasteiger partial charge in [-0.25, -0.2) is 9.97 Å². The largest absolute Gasteiger partial charge is 0.495 e. The third kappa shape index (κ3) is 2.62. The van der Waals surface area contributed by atoms with E-state index in [1.807, 2.05) is 30.3 Å². The van der Waals surface area contributed by atoms with Crippen molar-refractivity contribution >= 4 is 17.2 Å². The summed E-state index contributed by atoms with van der Waals surface area (Å²) in [6.45, 7) is 1.29. The van der Waals surface area contributed by atoms with Gasteiger partial charge < -0.3 is 14.8 Å². The number of rotatable bonds is 4. The average Bonchev–Trinajstić information content (AvgIpc) is 3.03. The zero-order valence-electron chi connectivity index (χ0n) is 11.2. The lowest BCUT2D eigenvalue weighted by Gasteiger charge is -2.09. The summed E-state index contributed by atoms with van der Waals surface area (Å²) in [6, 6.07) is 7.65. The minimum atomic E-state index is 0.540. The van der Waals surface area contributed by atoms with Gasteiger partial charge in [-0.05, 0) is 17.7 Å². The summed E-state index contributed by atoms with van der Waals surface area (Å²) < 4.78 is 10.6. The zero-order valence-corrected chi connectivity index (χ0v) is 11.2. The quantitative estimate of drug-likeness (QED) is 0.924. The summed E-state index contributed by atoms with van der Waals surface area (Å²) in [5, 5.41) is 3.14. The van der Waals surface area contributed by atoms with Gasteiger partial charge in [0, 0.05) is 18.0 Å². The minimum absolute atomic E-state index is 0.540. The van der Waals surface area contributed by atoms with Gasteiger partial charge in [-0.3, -0.25) is 0 Å². The molecule has 5 heteroatoms. The summed E-state index contributed by atoms with van der Waals surface area (Å²) in [5.74, 6) is 1.30. The first kappa shape index (κ1) is 12.6. The Morgan fingerprint density at radius 3 is 2.70 bits per heavy atom. The second-order valence-corrected chi connectivity index (χ2v) is 4.37. The highest BCUT2D eigenvalue weighted by Crippen LogP contribution is 2.25. The molecule has 0 radical (unpaired) electrons. The fourth-order valence-electron chi connectivity index (χ4n) is 2.02. The molecular weight excluding hydrogens is 254 g/mol. The molecule has 0 bridgehead atoms. The molecule has 1 aromatic heterocycles. The first-order valence-corrected chi connectivity index (χ1v) is 6.36. The van der Waals surface area contributed by atoms with E-state index >= 15 is 0 Å². The van der Waals surface area contributed by atoms with Crippen LogP contribution in [0.2, 0.25) is 0 Å². The van der Waals surface area contributed by atoms with Crippen LogP contribution in [0.1, 0.15) is 5.56 Å². The van der Waals surface area contributed by atoms with Crippen LogP contribution in [0.25, 0.3) is 5.57 Å². The smallest absolute Gasteiger partial charge is 0.227 e. The number of hydrogen-bond acceptors (Lipinski definition) is 5. The molecule has 0 amide bonds. The van der Waals surface area contributed by atoms with Crippen molar-refractivity contribution in [2.45, 2.75) is 0 Å². The van der Waals surface area contributed by atoms with Gasteiger partial charge in [-0.15, -0.1) is 0 Å². The Bertz CT molecular complexity index is 623. The molecular formula is C15H15N3O2. The molecule has 0 fully saturated rings. The minimum Gasteiger partial charge on any atom is -0.495 e. The average molecular weight is 269 g/mol. The molecule has 1 aliphatic rings. The third-order valence-electron chi connectivity index (χ3n) is 3.08. The van der Waals surface area contributed by atoms with Gasteiger partial charge in [0.1, 0.15) is 5.75 Å². The Labute approximate surface area is 117 Å². The van der Waals surface area contributed by atoms with Crippen molar-refractivity contribution in [3.8, 4) is 5.75 Å². The number of benzene rings is 1. The summed E-state index contributed by atoms with van der Waals surface area (Å²) in [7, 11) is 1.64. The van der Waals surface area contributed by atoms with Gasteiger partial charge >= 0.3 is 0 Å². The number of anilines is 2. The van der Waals surface area contributed by atoms with E-state index in [1.165, 1.54) is 0 Å². The van der Waals surface area contributed by atoms with Crippen LogP contribution in [0, 0.1) is 0 Å². The zero-order chi connectivity index (χ0) is 13.8. The highest BCUT2D eigenvalue weighted by molar-refractivity contribution is 5.67. The molecule has 1 aromatic carbocycles. The molecule has 20 heavy (non-hydrogen) atoms. The van der Waals surface area contributed by atoms with Crippen molar-refractivity contribution in [3.05, 3.63) is 48.3 Å². The van der Waals surface area contributed by atoms with Crippen LogP contribution >= 0.6 is 0 Å². The molecule has 5 nitrogen and oxygen atoms in total. The van der Waals surface area contributed by atoms with Gasteiger partial charge in [0.2, 0.25) is 5.95 Å². The number of nitrogens with zero attached hydrogens (tertiary/aromatic N) is 2. The SMILES string of the molecule is COc1ccccc1Nc1ncc(C2=CCOC2)cn1. The van der Waals surface area contributed by atoms with E-state index in [1.54, 1.807) is 19.5 Å². The molecule has 1 aliphatic heterocycles. The molecule has 1 N–H and O–H groups in total. The van der Waals surface area contributed by atoms with Crippen LogP contribution in [0.3, 0.4) is 0 Å². The van der Waals surface area contributed by atoms with E-state index in [0.29, 0.717) is 19.2 Å². The Balaban J connectivity index is 1.78. The number of nitrogens with one attached hydrogen (secondary N) is 1. The topological polar surface area (TPSA) is 56.3 Å². The monoisotopic (exact) mass is 269 g/mol. The summed E-state index contributed by atoms with van der Waals surface area (Å²) >= 11 is 0. The molecule has 3 rings (SSSR count). The van der Waals surface area contributed by atoms with Crippen LogP contribution in [-0.4, -0.2) is 30.3 Å². The van der Waals surface area contributed by atoms with Gasteiger partial charge in [-0.1, -0.05) is 18.2 Å². The Morgan fingerprint density at radius 2 is 2.00 bits per heavy atom. The molecule has 0 spiro atoms. The predicted octanol–water partition coefficient (Wildman–Crippen LogP) is 2.64. The highest BCUT2D eigenvalue weighted by Gasteiger charge is 2.09. The van der Waals surface area contributed by atoms with Crippen LogP contribution in [0.5, 0.6) is 5.75 Å². The number of methoxy groups -OCH3 is 1. The Morgan fingerprint density at radius 1 is 1.20 bits per heavy atom. The van der Waals surface area contributed by atoms with E-state index in [0.717, 1.165) is 22.6 Å². The number of hydrogen-bond donors (Lipinski definition) is 1. The summed E-state index contributed by atoms with van der Waals surface area (Å²) in [4.78, 5) is 8.64. The second kappa shape index (κ2) is 5.71. The number of para-hydroxylation sites is 2. The molecule has 0 saturated carbocycles. The van der Waals surface area contributed by atoms with Gasteiger partial charge in [-0.2, -0.15) is 0 Å². The molecule has 0 atom stereocenters. The van der Waals surface area contributed by atoms with Crippen LogP contribution in [0.15, 0.2) is 42.7 Å². The number of aromatic nitrogens is 2. The Hall–Kier alpha value is -2.40. The van der Waals surface area contributed by atoms with E-state index < -0.39 is 0 Å². The lowest BCUT2D eigenvalue weighted by molar-refractivity contribution is 0.216. The van der Waals surface area contributed by atoms with Gasteiger partial charge in [0.15, 0.2) is 0 Å². The summed E-state index contributed by atoms with van der Waals surface area (Å²) in [5.41, 5.74) is 2.97. The molecule has 0 unspecified atom stereocenters. The lowest BCUT2D eigenvalue weighted by Crippen LogP contribution is -2.00. The molecule has 2 heterocycles. The second-order valence-electron chi connectivity index (χ2n) is 4.37. The molecule has 0 aliphatic carbocycles. The van der Waals surface area contributed by atoms with E-state index in [-0.39, 0.29) is 0 Å². The predicted molar refractivity (Wildman–Crippen MR) is 77.1 cm³/mol. The van der Waals surface area contributed by atoms with Crippen molar-refractivity contribution < 1.29 is 9.47 Å². The highest BCUT2D eigenvalue weighted by atomic mass is 16.5. The standard InChI is InChI=1S/C15H15N3O2/c1-19-14-5-3-2-4-13(14)18-15-16-8-12(9-17-15)11-6-7-20-10-11/h2-6,8-9H,7,10H2,1H3,(H,16,17,18). The Kier molecular flexibility index (Phi) is 3.60. The first-order chi connectivity index (χ1) is 9.86. The fraction of sp³-hybridized carbons (Fsp3) is 0.200. The molecule has 102 valence electrons. The maximum atomic E-state index is 5.29. The van der Waals surface area contributed by atoms with Crippen molar-refractivity contribution in [2.75, 3.05) is 25.6 Å². The van der Waals surface area contributed by atoms with E-state index in [4.69, 9.17) is 9.47 Å². The van der Waals surface area contributed by atoms with Crippen molar-refractivity contribution in [3.63, 3.8) is 0 Å². The number of ether oxygens (including phenoxy) is 2. The van der Waals surface area contributed by atoms with Crippen LogP contribution in [-0.2, 0) is 4.74 Å². The summed E-state index contributed by atoms with van der Waals surface area (Å²) in [6.07, 6.45) is 5.64. The van der Waals surface area contributed by atoms with E-state index in [9.17, 15) is 0 Å². The molecule has 0 saturated heterocycles.